The van der Waals surface area contributed by atoms with E-state index in [-0.39, 0.29) is 5.78 Å². The van der Waals surface area contributed by atoms with Gasteiger partial charge in [-0.2, -0.15) is 0 Å². The van der Waals surface area contributed by atoms with Crippen molar-refractivity contribution >= 4 is 12.5 Å². The van der Waals surface area contributed by atoms with Crippen molar-refractivity contribution in [1.29, 1.82) is 0 Å². The fourth-order valence-electron chi connectivity index (χ4n) is 4.07. The van der Waals surface area contributed by atoms with Gasteiger partial charge in [0.15, 0.2) is 11.5 Å². The average Bonchev–Trinajstić information content (AvgIpc) is 3.33. The molecule has 0 saturated carbocycles. The number of aromatic nitrogens is 1. The Morgan fingerprint density at radius 2 is 1.77 bits per heavy atom. The van der Waals surface area contributed by atoms with Crippen LogP contribution in [0.15, 0.2) is 70.2 Å². The Kier molecular flexibility index (Phi) is 6.39. The topological polar surface area (TPSA) is 84.7 Å². The molecule has 1 aliphatic heterocycles. The number of rotatable bonds is 8. The van der Waals surface area contributed by atoms with Crippen LogP contribution in [0.2, 0.25) is 0 Å². The van der Waals surface area contributed by atoms with Crippen LogP contribution in [0.1, 0.15) is 52.2 Å². The van der Waals surface area contributed by atoms with Gasteiger partial charge < -0.3 is 4.52 Å². The summed E-state index contributed by atoms with van der Waals surface area (Å²) in [5.41, 5.74) is 9.81. The van der Waals surface area contributed by atoms with E-state index >= 15 is 0 Å². The van der Waals surface area contributed by atoms with Crippen molar-refractivity contribution < 1.29 is 9.32 Å². The van der Waals surface area contributed by atoms with Crippen molar-refractivity contribution in [3.8, 4) is 0 Å². The first kappa shape index (κ1) is 21.2. The highest BCUT2D eigenvalue weighted by Gasteiger charge is 2.38. The largest absolute Gasteiger partial charge is 0.355 e. The quantitative estimate of drug-likeness (QED) is 0.444. The number of nitrogens with two attached hydrogens (primary N) is 1. The van der Waals surface area contributed by atoms with Crippen LogP contribution in [0.3, 0.4) is 0 Å². The summed E-state index contributed by atoms with van der Waals surface area (Å²) in [6, 6.07) is 18.9. The van der Waals surface area contributed by atoms with Crippen LogP contribution < -0.4 is 5.73 Å². The summed E-state index contributed by atoms with van der Waals surface area (Å²) in [7, 11) is 0. The normalized spacial score (nSPS) is 16.5. The van der Waals surface area contributed by atoms with E-state index < -0.39 is 5.79 Å². The summed E-state index contributed by atoms with van der Waals surface area (Å²) >= 11 is 0. The van der Waals surface area contributed by atoms with E-state index in [2.05, 4.69) is 21.8 Å². The fourth-order valence-corrected chi connectivity index (χ4v) is 4.07. The zero-order valence-corrected chi connectivity index (χ0v) is 17.7. The molecule has 6 heteroatoms. The van der Waals surface area contributed by atoms with Crippen LogP contribution in [-0.4, -0.2) is 35.6 Å². The van der Waals surface area contributed by atoms with Crippen molar-refractivity contribution in [1.82, 2.24) is 10.1 Å². The summed E-state index contributed by atoms with van der Waals surface area (Å²) in [6.45, 7) is 5.44. The minimum absolute atomic E-state index is 0.0256. The molecule has 0 amide bonds. The van der Waals surface area contributed by atoms with Gasteiger partial charge in [-0.1, -0.05) is 60.1 Å². The lowest BCUT2D eigenvalue weighted by Crippen LogP contribution is -2.53. The standard InChI is InChI=1S/C25H28N4O2/c1-27-25(26,29-15-6-3-7-16-29)23-18-22(28-31-23)14-13-19-9-8-12-21(17-19)24(30)20-10-4-2-5-11-20/h2,4-5,8-12,17-18H,1,3,6-7,13-16,26H2. The van der Waals surface area contributed by atoms with Crippen molar-refractivity contribution in [3.05, 3.63) is 88.8 Å². The lowest BCUT2D eigenvalue weighted by Gasteiger charge is -2.37. The predicted octanol–water partition coefficient (Wildman–Crippen LogP) is 3.95. The number of hydrogen-bond donors (Lipinski definition) is 1. The van der Waals surface area contributed by atoms with Gasteiger partial charge in [0.1, 0.15) is 0 Å². The van der Waals surface area contributed by atoms with Crippen LogP contribution in [0.5, 0.6) is 0 Å². The Hall–Kier alpha value is -3.09. The van der Waals surface area contributed by atoms with Gasteiger partial charge in [0.2, 0.25) is 5.79 Å². The number of aliphatic imine (C=N–C) groups is 1. The molecular weight excluding hydrogens is 388 g/mol. The minimum Gasteiger partial charge on any atom is -0.355 e. The number of hydrogen-bond acceptors (Lipinski definition) is 6. The molecule has 1 unspecified atom stereocenters. The van der Waals surface area contributed by atoms with Gasteiger partial charge in [-0.3, -0.25) is 20.4 Å². The number of nitrogens with zero attached hydrogens (tertiary/aromatic N) is 3. The summed E-state index contributed by atoms with van der Waals surface area (Å²) < 4.78 is 5.58. The molecule has 0 radical (unpaired) electrons. The molecule has 0 spiro atoms. The monoisotopic (exact) mass is 416 g/mol. The van der Waals surface area contributed by atoms with Crippen LogP contribution in [0, 0.1) is 0 Å². The van der Waals surface area contributed by atoms with E-state index in [1.165, 1.54) is 6.42 Å². The van der Waals surface area contributed by atoms with E-state index in [1.807, 2.05) is 60.7 Å². The van der Waals surface area contributed by atoms with Crippen LogP contribution in [0.25, 0.3) is 0 Å². The summed E-state index contributed by atoms with van der Waals surface area (Å²) in [5, 5.41) is 4.21. The van der Waals surface area contributed by atoms with Gasteiger partial charge in [-0.05, 0) is 44.0 Å². The third kappa shape index (κ3) is 4.65. The number of piperidine rings is 1. The van der Waals surface area contributed by atoms with Gasteiger partial charge in [-0.15, -0.1) is 0 Å². The first-order valence-electron chi connectivity index (χ1n) is 10.8. The maximum absolute atomic E-state index is 12.7. The smallest absolute Gasteiger partial charge is 0.226 e. The zero-order valence-electron chi connectivity index (χ0n) is 17.7. The molecule has 6 nitrogen and oxygen atoms in total. The van der Waals surface area contributed by atoms with Gasteiger partial charge >= 0.3 is 0 Å². The SMILES string of the molecule is C=NC(N)(c1cc(CCc2cccc(C(=O)c3ccccc3)c2)no1)N1CCCCC1. The summed E-state index contributed by atoms with van der Waals surface area (Å²) in [5.74, 6) is -0.529. The molecule has 1 aliphatic rings. The second kappa shape index (κ2) is 9.37. The molecule has 160 valence electrons. The van der Waals surface area contributed by atoms with E-state index in [9.17, 15) is 4.79 Å². The molecule has 1 saturated heterocycles. The lowest BCUT2D eigenvalue weighted by atomic mass is 9.99. The third-order valence-electron chi connectivity index (χ3n) is 5.90. The highest BCUT2D eigenvalue weighted by atomic mass is 16.5. The molecule has 31 heavy (non-hydrogen) atoms. The number of likely N-dealkylation sites (tertiary alicyclic amines) is 1. The molecule has 4 rings (SSSR count). The van der Waals surface area contributed by atoms with Crippen LogP contribution in [-0.2, 0) is 18.6 Å². The number of carbonyl (C=O) groups excluding carboxylic acids is 1. The molecule has 1 atom stereocenters. The lowest BCUT2D eigenvalue weighted by molar-refractivity contribution is 0.0522. The molecule has 2 N–H and O–H groups in total. The van der Waals surface area contributed by atoms with E-state index in [0.29, 0.717) is 23.3 Å². The second-order valence-electron chi connectivity index (χ2n) is 8.01. The van der Waals surface area contributed by atoms with Gasteiger partial charge in [0.05, 0.1) is 5.69 Å². The number of ketones is 1. The molecule has 0 bridgehead atoms. The highest BCUT2D eigenvalue weighted by molar-refractivity contribution is 6.09. The third-order valence-corrected chi connectivity index (χ3v) is 5.90. The average molecular weight is 417 g/mol. The van der Waals surface area contributed by atoms with Crippen molar-refractivity contribution in [2.45, 2.75) is 37.9 Å². The van der Waals surface area contributed by atoms with Gasteiger partial charge in [0.25, 0.3) is 0 Å². The van der Waals surface area contributed by atoms with Crippen molar-refractivity contribution in [2.75, 3.05) is 13.1 Å². The summed E-state index contributed by atoms with van der Waals surface area (Å²) in [4.78, 5) is 19.0. The highest BCUT2D eigenvalue weighted by Crippen LogP contribution is 2.28. The molecule has 1 fully saturated rings. The molecule has 2 heterocycles. The Bertz CT molecular complexity index is 1040. The molecule has 1 aromatic heterocycles. The Morgan fingerprint density at radius 3 is 2.52 bits per heavy atom. The first-order valence-corrected chi connectivity index (χ1v) is 10.8. The number of benzene rings is 2. The van der Waals surface area contributed by atoms with Gasteiger partial charge in [0, 0.05) is 30.3 Å². The Balaban J connectivity index is 1.44. The first-order chi connectivity index (χ1) is 15.1. The molecular formula is C25H28N4O2. The molecule has 2 aromatic carbocycles. The van der Waals surface area contributed by atoms with E-state index in [0.717, 1.165) is 43.6 Å². The Labute approximate surface area is 182 Å². The van der Waals surface area contributed by atoms with E-state index in [4.69, 9.17) is 10.3 Å². The van der Waals surface area contributed by atoms with Crippen LogP contribution >= 0.6 is 0 Å². The van der Waals surface area contributed by atoms with Crippen molar-refractivity contribution in [3.63, 3.8) is 0 Å². The zero-order chi connectivity index (χ0) is 21.7. The van der Waals surface area contributed by atoms with Crippen molar-refractivity contribution in [2.24, 2.45) is 10.7 Å². The summed E-state index contributed by atoms with van der Waals surface area (Å²) in [6.07, 6.45) is 4.81. The number of aryl methyl sites for hydroxylation is 2. The fraction of sp³-hybridized carbons (Fsp3) is 0.320. The van der Waals surface area contributed by atoms with E-state index in [1.54, 1.807) is 0 Å². The molecule has 0 aliphatic carbocycles. The minimum atomic E-state index is -1.08. The van der Waals surface area contributed by atoms with Gasteiger partial charge in [-0.25, -0.2) is 0 Å². The number of carbonyl (C=O) groups is 1. The second-order valence-corrected chi connectivity index (χ2v) is 8.01. The molecule has 3 aromatic rings. The maximum Gasteiger partial charge on any atom is 0.226 e. The Morgan fingerprint density at radius 1 is 1.03 bits per heavy atom. The maximum atomic E-state index is 12.7. The van der Waals surface area contributed by atoms with Crippen LogP contribution in [0.4, 0.5) is 0 Å². The predicted molar refractivity (Wildman–Crippen MR) is 121 cm³/mol.